The number of rotatable bonds is 2. The van der Waals surface area contributed by atoms with Gasteiger partial charge in [0.25, 0.3) is 0 Å². The second-order valence-electron chi connectivity index (χ2n) is 2.30. The van der Waals surface area contributed by atoms with Crippen LogP contribution in [-0.4, -0.2) is 23.8 Å². The fourth-order valence-electron chi connectivity index (χ4n) is 0.652. The smallest absolute Gasteiger partial charge is 0.320 e. The average Bonchev–Trinajstić information content (AvgIpc) is 2.52. The van der Waals surface area contributed by atoms with E-state index in [4.69, 9.17) is 0 Å². The second-order valence-corrected chi connectivity index (χ2v) is 3.16. The van der Waals surface area contributed by atoms with E-state index in [1.165, 1.54) is 25.3 Å². The van der Waals surface area contributed by atoms with Crippen molar-refractivity contribution in [2.24, 2.45) is 0 Å². The molecule has 70 valence electrons. The van der Waals surface area contributed by atoms with Crippen molar-refractivity contribution in [1.29, 1.82) is 0 Å². The number of hydrogen-bond donors (Lipinski definition) is 2. The van der Waals surface area contributed by atoms with Crippen LogP contribution in [0, 0.1) is 0 Å². The standard InChI is InChI=1S/C7H9N3O2S/c1-4(11)5-3-13-7(9-5)10-6(12)8-2/h3H,1-2H3,(H2,8,9,10,12). The van der Waals surface area contributed by atoms with E-state index in [0.717, 1.165) is 0 Å². The molecule has 0 spiro atoms. The molecule has 0 aliphatic rings. The summed E-state index contributed by atoms with van der Waals surface area (Å²) in [6, 6.07) is -0.343. The van der Waals surface area contributed by atoms with Crippen LogP contribution in [0.5, 0.6) is 0 Å². The molecule has 13 heavy (non-hydrogen) atoms. The lowest BCUT2D eigenvalue weighted by Crippen LogP contribution is -2.24. The number of aromatic nitrogens is 1. The van der Waals surface area contributed by atoms with E-state index in [2.05, 4.69) is 15.6 Å². The first-order valence-corrected chi connectivity index (χ1v) is 4.46. The predicted molar refractivity (Wildman–Crippen MR) is 50.2 cm³/mol. The third-order valence-corrected chi connectivity index (χ3v) is 2.07. The highest BCUT2D eigenvalue weighted by Gasteiger charge is 2.07. The third kappa shape index (κ3) is 2.51. The lowest BCUT2D eigenvalue weighted by atomic mass is 10.4. The molecule has 0 aliphatic carbocycles. The Morgan fingerprint density at radius 3 is 2.69 bits per heavy atom. The van der Waals surface area contributed by atoms with Gasteiger partial charge in [0.1, 0.15) is 5.69 Å². The van der Waals surface area contributed by atoms with E-state index in [-0.39, 0.29) is 11.8 Å². The zero-order valence-electron chi connectivity index (χ0n) is 7.25. The lowest BCUT2D eigenvalue weighted by Gasteiger charge is -1.97. The highest BCUT2D eigenvalue weighted by molar-refractivity contribution is 7.14. The third-order valence-electron chi connectivity index (χ3n) is 1.31. The fourth-order valence-corrected chi connectivity index (χ4v) is 1.40. The number of urea groups is 1. The normalized spacial score (nSPS) is 9.38. The lowest BCUT2D eigenvalue weighted by molar-refractivity contribution is 0.101. The summed E-state index contributed by atoms with van der Waals surface area (Å²) in [5.74, 6) is -0.110. The minimum atomic E-state index is -0.343. The SMILES string of the molecule is CNC(=O)Nc1nc(C(C)=O)cs1. The number of ketones is 1. The van der Waals surface area contributed by atoms with Gasteiger partial charge in [-0.2, -0.15) is 0 Å². The molecule has 1 rings (SSSR count). The number of carbonyl (C=O) groups excluding carboxylic acids is 2. The van der Waals surface area contributed by atoms with Crippen LogP contribution in [0.4, 0.5) is 9.93 Å². The van der Waals surface area contributed by atoms with Crippen molar-refractivity contribution in [2.45, 2.75) is 6.92 Å². The Morgan fingerprint density at radius 2 is 2.23 bits per heavy atom. The van der Waals surface area contributed by atoms with Crippen molar-refractivity contribution in [2.75, 3.05) is 12.4 Å². The van der Waals surface area contributed by atoms with Crippen molar-refractivity contribution < 1.29 is 9.59 Å². The molecule has 0 bridgehead atoms. The number of amides is 2. The zero-order valence-corrected chi connectivity index (χ0v) is 8.07. The molecule has 0 atom stereocenters. The highest BCUT2D eigenvalue weighted by Crippen LogP contribution is 2.15. The molecule has 6 heteroatoms. The van der Waals surface area contributed by atoms with Crippen molar-refractivity contribution in [3.63, 3.8) is 0 Å². The maximum absolute atomic E-state index is 10.8. The molecule has 0 fully saturated rings. The summed E-state index contributed by atoms with van der Waals surface area (Å²) in [6.45, 7) is 1.43. The molecule has 5 nitrogen and oxygen atoms in total. The Bertz CT molecular complexity index is 334. The van der Waals surface area contributed by atoms with Crippen LogP contribution < -0.4 is 10.6 Å². The average molecular weight is 199 g/mol. The van der Waals surface area contributed by atoms with E-state index in [1.54, 1.807) is 5.38 Å². The van der Waals surface area contributed by atoms with E-state index in [0.29, 0.717) is 10.8 Å². The summed E-state index contributed by atoms with van der Waals surface area (Å²) < 4.78 is 0. The Labute approximate surface area is 79.2 Å². The maximum atomic E-state index is 10.8. The Morgan fingerprint density at radius 1 is 1.54 bits per heavy atom. The molecule has 0 aliphatic heterocycles. The Hall–Kier alpha value is -1.43. The number of nitrogens with zero attached hydrogens (tertiary/aromatic N) is 1. The van der Waals surface area contributed by atoms with Gasteiger partial charge in [0.15, 0.2) is 10.9 Å². The number of nitrogens with one attached hydrogen (secondary N) is 2. The van der Waals surface area contributed by atoms with Gasteiger partial charge in [0.05, 0.1) is 0 Å². The number of thiazole rings is 1. The van der Waals surface area contributed by atoms with E-state index in [9.17, 15) is 9.59 Å². The van der Waals surface area contributed by atoms with Crippen LogP contribution >= 0.6 is 11.3 Å². The van der Waals surface area contributed by atoms with Crippen LogP contribution in [0.25, 0.3) is 0 Å². The van der Waals surface area contributed by atoms with Gasteiger partial charge in [0, 0.05) is 19.4 Å². The van der Waals surface area contributed by atoms with Gasteiger partial charge in [0.2, 0.25) is 0 Å². The summed E-state index contributed by atoms with van der Waals surface area (Å²) in [5.41, 5.74) is 0.372. The van der Waals surface area contributed by atoms with E-state index in [1.807, 2.05) is 0 Å². The molecule has 0 saturated carbocycles. The summed E-state index contributed by atoms with van der Waals surface area (Å²) in [7, 11) is 1.51. The Kier molecular flexibility index (Phi) is 2.97. The van der Waals surface area contributed by atoms with Crippen molar-refractivity contribution in [3.8, 4) is 0 Å². The van der Waals surface area contributed by atoms with Crippen molar-refractivity contribution >= 4 is 28.3 Å². The predicted octanol–water partition coefficient (Wildman–Crippen LogP) is 1.10. The van der Waals surface area contributed by atoms with Crippen LogP contribution in [0.1, 0.15) is 17.4 Å². The van der Waals surface area contributed by atoms with Gasteiger partial charge in [-0.05, 0) is 0 Å². The van der Waals surface area contributed by atoms with Crippen molar-refractivity contribution in [3.05, 3.63) is 11.1 Å². The topological polar surface area (TPSA) is 71.1 Å². The van der Waals surface area contributed by atoms with Crippen LogP contribution in [0.15, 0.2) is 5.38 Å². The first-order valence-electron chi connectivity index (χ1n) is 3.58. The summed E-state index contributed by atoms with van der Waals surface area (Å²) in [6.07, 6.45) is 0. The quantitative estimate of drug-likeness (QED) is 0.700. The molecule has 1 aromatic rings. The van der Waals surface area contributed by atoms with Crippen molar-refractivity contribution in [1.82, 2.24) is 10.3 Å². The van der Waals surface area contributed by atoms with Gasteiger partial charge in [-0.25, -0.2) is 9.78 Å². The van der Waals surface area contributed by atoms with Crippen LogP contribution in [-0.2, 0) is 0 Å². The molecule has 1 aromatic heterocycles. The molecule has 0 radical (unpaired) electrons. The molecule has 2 amide bonds. The van der Waals surface area contributed by atoms with Crippen LogP contribution in [0.3, 0.4) is 0 Å². The number of Topliss-reactive ketones (excluding diaryl/α,β-unsaturated/α-hetero) is 1. The number of carbonyl (C=O) groups is 2. The van der Waals surface area contributed by atoms with Gasteiger partial charge < -0.3 is 5.32 Å². The van der Waals surface area contributed by atoms with E-state index >= 15 is 0 Å². The van der Waals surface area contributed by atoms with Gasteiger partial charge in [-0.3, -0.25) is 10.1 Å². The first-order chi connectivity index (χ1) is 6.13. The highest BCUT2D eigenvalue weighted by atomic mass is 32.1. The largest absolute Gasteiger partial charge is 0.341 e. The van der Waals surface area contributed by atoms with Crippen LogP contribution in [0.2, 0.25) is 0 Å². The molecule has 0 aromatic carbocycles. The molecule has 1 heterocycles. The molecule has 0 saturated heterocycles. The molecule has 2 N–H and O–H groups in total. The minimum Gasteiger partial charge on any atom is -0.341 e. The molecular weight excluding hydrogens is 190 g/mol. The monoisotopic (exact) mass is 199 g/mol. The first kappa shape index (κ1) is 9.66. The second kappa shape index (κ2) is 3.99. The summed E-state index contributed by atoms with van der Waals surface area (Å²) in [5, 5.41) is 6.88. The Balaban J connectivity index is 2.69. The number of anilines is 1. The minimum absolute atomic E-state index is 0.110. The zero-order chi connectivity index (χ0) is 9.84. The fraction of sp³-hybridized carbons (Fsp3) is 0.286. The van der Waals surface area contributed by atoms with E-state index < -0.39 is 0 Å². The molecular formula is C7H9N3O2S. The number of hydrogen-bond acceptors (Lipinski definition) is 4. The molecule has 0 unspecified atom stereocenters. The van der Waals surface area contributed by atoms with Gasteiger partial charge in [-0.15, -0.1) is 11.3 Å². The summed E-state index contributed by atoms with van der Waals surface area (Å²) in [4.78, 5) is 25.5. The summed E-state index contributed by atoms with van der Waals surface area (Å²) >= 11 is 1.22. The van der Waals surface area contributed by atoms with Gasteiger partial charge >= 0.3 is 6.03 Å². The van der Waals surface area contributed by atoms with Gasteiger partial charge in [-0.1, -0.05) is 0 Å². The maximum Gasteiger partial charge on any atom is 0.320 e.